The van der Waals surface area contributed by atoms with E-state index in [0.29, 0.717) is 11.3 Å². The molecule has 0 saturated carbocycles. The Balaban J connectivity index is 1.55. The molecular weight excluding hydrogens is 714 g/mol. The summed E-state index contributed by atoms with van der Waals surface area (Å²) in [7, 11) is -4.36. The molecule has 3 N–H and O–H groups in total. The Morgan fingerprint density at radius 2 is 1.62 bits per heavy atom. The highest BCUT2D eigenvalue weighted by molar-refractivity contribution is 7.89. The van der Waals surface area contributed by atoms with Gasteiger partial charge < -0.3 is 20.5 Å². The third-order valence-electron chi connectivity index (χ3n) is 7.31. The number of hydrogen-bond acceptors (Lipinski definition) is 7. The zero-order valence-corrected chi connectivity index (χ0v) is 29.5. The Labute approximate surface area is 292 Å². The smallest absolute Gasteiger partial charge is 0.326 e. The number of amides is 2. The lowest BCUT2D eigenvalue weighted by Gasteiger charge is -2.33. The number of carbonyl (C=O) groups excluding carboxylic acids is 2. The van der Waals surface area contributed by atoms with E-state index in [1.807, 2.05) is 0 Å². The molecule has 2 amide bonds. The lowest BCUT2D eigenvalue weighted by molar-refractivity contribution is -0.143. The van der Waals surface area contributed by atoms with Crippen LogP contribution < -0.4 is 10.6 Å². The molecule has 1 saturated heterocycles. The maximum absolute atomic E-state index is 13.9. The van der Waals surface area contributed by atoms with E-state index < -0.39 is 51.1 Å². The second kappa shape index (κ2) is 14.3. The van der Waals surface area contributed by atoms with E-state index in [4.69, 9.17) is 51.1 Å². The summed E-state index contributed by atoms with van der Waals surface area (Å²) in [5.41, 5.74) is -1.46. The Morgan fingerprint density at radius 3 is 2.15 bits per heavy atom. The summed E-state index contributed by atoms with van der Waals surface area (Å²) in [6, 6.07) is 8.67. The van der Waals surface area contributed by atoms with Gasteiger partial charge in [0.05, 0.1) is 32.2 Å². The zero-order chi connectivity index (χ0) is 34.9. The van der Waals surface area contributed by atoms with Crippen LogP contribution in [0.5, 0.6) is 0 Å². The van der Waals surface area contributed by atoms with E-state index in [-0.39, 0.29) is 49.9 Å². The van der Waals surface area contributed by atoms with Gasteiger partial charge in [-0.3, -0.25) is 14.6 Å². The number of benzene rings is 2. The fourth-order valence-electron chi connectivity index (χ4n) is 5.24. The molecule has 0 spiro atoms. The molecule has 1 fully saturated rings. The second-order valence-corrected chi connectivity index (χ2v) is 15.7. The number of nitrogens with one attached hydrogen (secondary N) is 2. The molecule has 3 atom stereocenters. The van der Waals surface area contributed by atoms with Crippen molar-refractivity contribution >= 4 is 79.9 Å². The molecule has 1 aliphatic heterocycles. The first-order valence-electron chi connectivity index (χ1n) is 14.2. The van der Waals surface area contributed by atoms with Crippen LogP contribution in [0, 0.1) is 0 Å². The largest absolute Gasteiger partial charge is 0.480 e. The molecule has 0 radical (unpaired) electrons. The fraction of sp³-hybridized carbons (Fsp3) is 0.355. The zero-order valence-electron chi connectivity index (χ0n) is 25.7. The molecule has 1 aliphatic rings. The van der Waals surface area contributed by atoms with E-state index in [1.165, 1.54) is 37.5 Å². The fourth-order valence-corrected chi connectivity index (χ4v) is 8.29. The van der Waals surface area contributed by atoms with Crippen LogP contribution in [0.15, 0.2) is 59.8 Å². The first-order chi connectivity index (χ1) is 21.8. The molecule has 16 heteroatoms. The monoisotopic (exact) mass is 744 g/mol. The summed E-state index contributed by atoms with van der Waals surface area (Å²) >= 11 is 24.3. The SMILES string of the molecule is CC(C)(C)O[C@H]1CN(S(=O)(=O)c2cc(Cl)cc(Cl)c2)C(C)(C(=O)N[C@@H](Cc2ccc(NC(=O)c3c(Cl)cncc3Cl)cc2)C(=O)O)C1. The van der Waals surface area contributed by atoms with Crippen LogP contribution in [0.25, 0.3) is 0 Å². The minimum Gasteiger partial charge on any atom is -0.480 e. The highest BCUT2D eigenvalue weighted by Gasteiger charge is 2.54. The molecule has 1 aromatic heterocycles. The highest BCUT2D eigenvalue weighted by atomic mass is 35.5. The maximum atomic E-state index is 13.9. The summed E-state index contributed by atoms with van der Waals surface area (Å²) in [6.45, 7) is 6.67. The van der Waals surface area contributed by atoms with E-state index in [2.05, 4.69) is 15.6 Å². The molecule has 3 aromatic rings. The van der Waals surface area contributed by atoms with Gasteiger partial charge in [-0.05, 0) is 63.6 Å². The Kier molecular flexibility index (Phi) is 11.2. The normalized spacial score (nSPS) is 19.3. The van der Waals surface area contributed by atoms with Crippen molar-refractivity contribution in [1.82, 2.24) is 14.6 Å². The molecular formula is C31H32Cl4N4O7S. The van der Waals surface area contributed by atoms with E-state index in [0.717, 1.165) is 4.31 Å². The van der Waals surface area contributed by atoms with Crippen molar-refractivity contribution in [2.24, 2.45) is 0 Å². The van der Waals surface area contributed by atoms with Crippen molar-refractivity contribution in [3.63, 3.8) is 0 Å². The van der Waals surface area contributed by atoms with Crippen LogP contribution in [0.4, 0.5) is 5.69 Å². The number of pyridine rings is 1. The van der Waals surface area contributed by atoms with Crippen molar-refractivity contribution in [2.75, 3.05) is 11.9 Å². The second-order valence-electron chi connectivity index (χ2n) is 12.2. The van der Waals surface area contributed by atoms with E-state index >= 15 is 0 Å². The highest BCUT2D eigenvalue weighted by Crippen LogP contribution is 2.39. The lowest BCUT2D eigenvalue weighted by Crippen LogP contribution is -2.58. The van der Waals surface area contributed by atoms with Gasteiger partial charge in [-0.25, -0.2) is 13.2 Å². The van der Waals surface area contributed by atoms with Crippen molar-refractivity contribution in [3.8, 4) is 0 Å². The molecule has 0 aliphatic carbocycles. The molecule has 47 heavy (non-hydrogen) atoms. The van der Waals surface area contributed by atoms with Crippen LogP contribution in [0.2, 0.25) is 20.1 Å². The molecule has 4 rings (SSSR count). The Bertz CT molecular complexity index is 1760. The predicted molar refractivity (Wildman–Crippen MR) is 180 cm³/mol. The summed E-state index contributed by atoms with van der Waals surface area (Å²) in [6.07, 6.45) is 1.70. The van der Waals surface area contributed by atoms with Crippen molar-refractivity contribution in [1.29, 1.82) is 0 Å². The first kappa shape index (κ1) is 36.9. The summed E-state index contributed by atoms with van der Waals surface area (Å²) in [5.74, 6) is -2.72. The van der Waals surface area contributed by atoms with Gasteiger partial charge in [0.25, 0.3) is 5.91 Å². The average Bonchev–Trinajstić information content (AvgIpc) is 3.29. The van der Waals surface area contributed by atoms with Gasteiger partial charge >= 0.3 is 5.97 Å². The number of aliphatic carboxylic acids is 1. The van der Waals surface area contributed by atoms with E-state index in [9.17, 15) is 27.9 Å². The van der Waals surface area contributed by atoms with Gasteiger partial charge in [-0.2, -0.15) is 4.31 Å². The minimum absolute atomic E-state index is 0.0458. The number of ether oxygens (including phenoxy) is 1. The van der Waals surface area contributed by atoms with Gasteiger partial charge in [-0.15, -0.1) is 0 Å². The van der Waals surface area contributed by atoms with Gasteiger partial charge in [0.1, 0.15) is 11.6 Å². The number of sulfonamides is 1. The number of anilines is 1. The summed E-state index contributed by atoms with van der Waals surface area (Å²) < 4.78 is 34.9. The number of halogens is 4. The predicted octanol–water partition coefficient (Wildman–Crippen LogP) is 6.10. The Morgan fingerprint density at radius 1 is 1.04 bits per heavy atom. The third-order valence-corrected chi connectivity index (χ3v) is 10.3. The van der Waals surface area contributed by atoms with Gasteiger partial charge in [0, 0.05) is 47.5 Å². The van der Waals surface area contributed by atoms with Crippen molar-refractivity contribution < 1.29 is 32.6 Å². The standard InChI is InChI=1S/C31H32Cl4N4O7S/c1-30(2,3)46-21-13-31(4,39(16-21)47(44,45)22-11-18(32)10-19(33)12-22)29(43)38-25(28(41)42)9-17-5-7-20(8-6-17)37-27(40)26-23(34)14-36-15-24(26)35/h5-8,10-12,14-15,21,25H,9,13,16H2,1-4H3,(H,37,40)(H,38,43)(H,41,42)/t21-,25+,31?/m1/s1. The summed E-state index contributed by atoms with van der Waals surface area (Å²) in [5, 5.41) is 15.6. The lowest BCUT2D eigenvalue weighted by atomic mass is 9.96. The van der Waals surface area contributed by atoms with Gasteiger partial charge in [0.2, 0.25) is 15.9 Å². The van der Waals surface area contributed by atoms with Crippen molar-refractivity contribution in [2.45, 2.75) is 68.7 Å². The van der Waals surface area contributed by atoms with Crippen LogP contribution in [-0.4, -0.2) is 70.4 Å². The molecule has 11 nitrogen and oxygen atoms in total. The summed E-state index contributed by atoms with van der Waals surface area (Å²) in [4.78, 5) is 42.5. The molecule has 1 unspecified atom stereocenters. The van der Waals surface area contributed by atoms with Crippen molar-refractivity contribution in [3.05, 3.63) is 86.1 Å². The average molecular weight is 746 g/mol. The number of carboxylic acids is 1. The molecule has 0 bridgehead atoms. The van der Waals surface area contributed by atoms with Crippen LogP contribution in [0.1, 0.15) is 50.0 Å². The maximum Gasteiger partial charge on any atom is 0.326 e. The third kappa shape index (κ3) is 8.74. The van der Waals surface area contributed by atoms with Gasteiger partial charge in [0.15, 0.2) is 0 Å². The Hall–Kier alpha value is -2.97. The number of carboxylic acid groups (broad SMARTS) is 1. The minimum atomic E-state index is -4.36. The quantitative estimate of drug-likeness (QED) is 0.225. The molecule has 252 valence electrons. The molecule has 2 aromatic carbocycles. The number of aromatic nitrogens is 1. The van der Waals surface area contributed by atoms with Crippen LogP contribution >= 0.6 is 46.4 Å². The molecule has 2 heterocycles. The number of hydrogen-bond donors (Lipinski definition) is 3. The number of rotatable bonds is 10. The van der Waals surface area contributed by atoms with E-state index in [1.54, 1.807) is 45.0 Å². The number of nitrogens with zero attached hydrogens (tertiary/aromatic N) is 2. The first-order valence-corrected chi connectivity index (χ1v) is 17.1. The topological polar surface area (TPSA) is 155 Å². The van der Waals surface area contributed by atoms with Gasteiger partial charge in [-0.1, -0.05) is 58.5 Å². The van der Waals surface area contributed by atoms with Crippen LogP contribution in [-0.2, 0) is 30.8 Å². The number of carbonyl (C=O) groups is 3. The van der Waals surface area contributed by atoms with Crippen LogP contribution in [0.3, 0.4) is 0 Å².